The topological polar surface area (TPSA) is 34.6 Å². The lowest BCUT2D eigenvalue weighted by Gasteiger charge is -2.28. The van der Waals surface area contributed by atoms with E-state index in [1.807, 2.05) is 60.7 Å². The molecule has 1 aromatic heterocycles. The molecular formula is C71H56N2O2. The highest BCUT2D eigenvalue weighted by atomic mass is 16.5. The lowest BCUT2D eigenvalue weighted by molar-refractivity contribution is 0.483. The molecular weight excluding hydrogens is 913 g/mol. The van der Waals surface area contributed by atoms with Crippen LogP contribution >= 0.6 is 0 Å². The molecule has 0 aliphatic carbocycles. The number of allylic oxidation sites excluding steroid dienone is 2. The molecule has 0 spiro atoms. The predicted octanol–water partition coefficient (Wildman–Crippen LogP) is 20.6. The number of hydrogen-bond donors (Lipinski definition) is 0. The molecule has 0 aliphatic heterocycles. The molecule has 0 bridgehead atoms. The van der Waals surface area contributed by atoms with Crippen LogP contribution in [0.3, 0.4) is 0 Å². The van der Waals surface area contributed by atoms with Crippen LogP contribution in [0, 0.1) is 0 Å². The van der Waals surface area contributed by atoms with Crippen molar-refractivity contribution >= 4 is 71.4 Å². The second-order valence-electron chi connectivity index (χ2n) is 19.3. The maximum Gasteiger partial charge on any atom is 0.137 e. The zero-order valence-electron chi connectivity index (χ0n) is 42.3. The fourth-order valence-corrected chi connectivity index (χ4v) is 10.6. The third-order valence-corrected chi connectivity index (χ3v) is 14.2. The molecule has 0 saturated carbocycles. The number of ether oxygens (including phenoxy) is 2. The lowest BCUT2D eigenvalue weighted by atomic mass is 9.88. The molecule has 0 unspecified atom stereocenters. The first-order valence-electron chi connectivity index (χ1n) is 26.2. The van der Waals surface area contributed by atoms with E-state index in [-0.39, 0.29) is 0 Å². The molecule has 362 valence electrons. The summed E-state index contributed by atoms with van der Waals surface area (Å²) in [6, 6.07) is 88.3. The Hall–Kier alpha value is -9.25. The highest BCUT2D eigenvalue weighted by molar-refractivity contribution is 6.03. The molecule has 0 fully saturated rings. The molecule has 75 heavy (non-hydrogen) atoms. The van der Waals surface area contributed by atoms with Crippen LogP contribution in [-0.4, -0.2) is 4.98 Å². The summed E-state index contributed by atoms with van der Waals surface area (Å²) in [7, 11) is 0. The van der Waals surface area contributed by atoms with E-state index in [4.69, 9.17) is 14.5 Å². The summed E-state index contributed by atoms with van der Waals surface area (Å²) in [5.74, 6) is 2.97. The Bertz CT molecular complexity index is 3890. The van der Waals surface area contributed by atoms with E-state index in [0.29, 0.717) is 0 Å². The van der Waals surface area contributed by atoms with Crippen molar-refractivity contribution in [3.8, 4) is 45.3 Å². The largest absolute Gasteiger partial charge is 0.457 e. The van der Waals surface area contributed by atoms with Crippen molar-refractivity contribution < 1.29 is 9.47 Å². The van der Waals surface area contributed by atoms with Gasteiger partial charge in [-0.25, -0.2) is 0 Å². The van der Waals surface area contributed by atoms with E-state index in [2.05, 4.69) is 213 Å². The van der Waals surface area contributed by atoms with Crippen molar-refractivity contribution in [3.63, 3.8) is 0 Å². The van der Waals surface area contributed by atoms with Gasteiger partial charge in [-0.15, -0.1) is 0 Å². The van der Waals surface area contributed by atoms with Gasteiger partial charge in [0.2, 0.25) is 0 Å². The van der Waals surface area contributed by atoms with Gasteiger partial charge in [0.05, 0.1) is 11.2 Å². The quantitative estimate of drug-likeness (QED) is 0.103. The summed E-state index contributed by atoms with van der Waals surface area (Å²) >= 11 is 0. The Labute approximate surface area is 439 Å². The molecule has 12 rings (SSSR count). The van der Waals surface area contributed by atoms with E-state index in [9.17, 15) is 0 Å². The number of nitrogens with zero attached hydrogens (tertiary/aromatic N) is 2. The number of para-hydroxylation sites is 3. The second kappa shape index (κ2) is 21.1. The van der Waals surface area contributed by atoms with E-state index in [1.54, 1.807) is 0 Å². The van der Waals surface area contributed by atoms with Gasteiger partial charge in [-0.3, -0.25) is 4.98 Å². The van der Waals surface area contributed by atoms with Gasteiger partial charge in [0, 0.05) is 39.8 Å². The number of fused-ring (bicyclic) bond motifs is 4. The number of benzene rings is 11. The van der Waals surface area contributed by atoms with Crippen molar-refractivity contribution in [2.45, 2.75) is 39.5 Å². The molecule has 0 N–H and O–H groups in total. The maximum absolute atomic E-state index is 7.11. The minimum atomic E-state index is 0.722. The Kier molecular flexibility index (Phi) is 13.1. The fourth-order valence-electron chi connectivity index (χ4n) is 10.6. The van der Waals surface area contributed by atoms with Gasteiger partial charge in [0.1, 0.15) is 23.0 Å². The number of hydrogen-bond acceptors (Lipinski definition) is 4. The van der Waals surface area contributed by atoms with E-state index in [0.717, 1.165) is 110 Å². The van der Waals surface area contributed by atoms with Crippen molar-refractivity contribution in [2.75, 3.05) is 4.90 Å². The van der Waals surface area contributed by atoms with Gasteiger partial charge in [0.15, 0.2) is 0 Å². The SMILES string of the molecule is CCCC(=C(CCC)c1cc(Oc2ccccc2)c2cc(N(c3ccc(-c4ccc5ccccc5c4)cc3)c3ccc(-c4ccc5ccccc5c4)cc3)cc(Oc3ccccc3)c2c1)c1cnc2ccccc2c1. The van der Waals surface area contributed by atoms with E-state index >= 15 is 0 Å². The smallest absolute Gasteiger partial charge is 0.137 e. The summed E-state index contributed by atoms with van der Waals surface area (Å²) in [6.07, 6.45) is 5.80. The van der Waals surface area contributed by atoms with Crippen LogP contribution in [0.15, 0.2) is 255 Å². The molecule has 0 saturated heterocycles. The van der Waals surface area contributed by atoms with E-state index in [1.165, 1.54) is 43.8 Å². The van der Waals surface area contributed by atoms with Crippen LogP contribution in [0.25, 0.3) is 76.6 Å². The molecule has 0 radical (unpaired) electrons. The standard InChI is InChI=1S/C71H56N2O2/c1-3-17-65(66(18-4-2)59-43-57-23-15-16-28-69(57)72-48-59)58-44-67-68(70(45-58)74-63-24-7-5-8-25-63)46-62(47-71(67)75-64-26-9-6-10-27-64)73(60-37-33-51(34-38-60)55-31-29-49-19-11-13-21-53(49)41-55)61-39-35-52(36-40-61)56-32-30-50-20-12-14-22-54(50)42-56/h5-16,19-48H,3-4,17-18H2,1-2H3. The van der Waals surface area contributed by atoms with Crippen LogP contribution in [-0.2, 0) is 0 Å². The maximum atomic E-state index is 7.11. The summed E-state index contributed by atoms with van der Waals surface area (Å²) in [6.45, 7) is 4.52. The molecule has 0 atom stereocenters. The molecule has 11 aromatic carbocycles. The molecule has 0 amide bonds. The van der Waals surface area contributed by atoms with Crippen molar-refractivity contribution in [2.24, 2.45) is 0 Å². The fraction of sp³-hybridized carbons (Fsp3) is 0.0845. The number of anilines is 3. The normalized spacial score (nSPS) is 11.8. The zero-order valence-corrected chi connectivity index (χ0v) is 42.3. The van der Waals surface area contributed by atoms with Gasteiger partial charge in [-0.1, -0.05) is 178 Å². The summed E-state index contributed by atoms with van der Waals surface area (Å²) in [5, 5.41) is 7.90. The molecule has 0 aliphatic rings. The average molecular weight is 969 g/mol. The average Bonchev–Trinajstić information content (AvgIpc) is 3.47. The third-order valence-electron chi connectivity index (χ3n) is 14.2. The number of pyridine rings is 1. The summed E-state index contributed by atoms with van der Waals surface area (Å²) in [4.78, 5) is 7.29. The Morgan fingerprint density at radius 3 is 1.36 bits per heavy atom. The highest BCUT2D eigenvalue weighted by Gasteiger charge is 2.22. The first kappa shape index (κ1) is 46.8. The zero-order chi connectivity index (χ0) is 50.5. The van der Waals surface area contributed by atoms with Crippen molar-refractivity contribution in [1.29, 1.82) is 0 Å². The van der Waals surface area contributed by atoms with Crippen molar-refractivity contribution in [1.82, 2.24) is 4.98 Å². The first-order chi connectivity index (χ1) is 37.0. The third kappa shape index (κ3) is 9.87. The van der Waals surface area contributed by atoms with Crippen LogP contribution in [0.5, 0.6) is 23.0 Å². The Balaban J connectivity index is 1.07. The van der Waals surface area contributed by atoms with Crippen LogP contribution in [0.2, 0.25) is 0 Å². The lowest BCUT2D eigenvalue weighted by Crippen LogP contribution is -2.10. The van der Waals surface area contributed by atoms with Crippen LogP contribution in [0.4, 0.5) is 17.1 Å². The Morgan fingerprint density at radius 2 is 0.813 bits per heavy atom. The van der Waals surface area contributed by atoms with Gasteiger partial charge in [-0.2, -0.15) is 0 Å². The summed E-state index contributed by atoms with van der Waals surface area (Å²) in [5.41, 5.74) is 13.4. The minimum Gasteiger partial charge on any atom is -0.457 e. The molecule has 1 heterocycles. The van der Waals surface area contributed by atoms with Gasteiger partial charge < -0.3 is 14.4 Å². The number of aromatic nitrogens is 1. The molecule has 12 aromatic rings. The van der Waals surface area contributed by atoms with Crippen LogP contribution < -0.4 is 14.4 Å². The number of rotatable bonds is 15. The van der Waals surface area contributed by atoms with Gasteiger partial charge in [-0.05, 0) is 170 Å². The molecule has 4 nitrogen and oxygen atoms in total. The van der Waals surface area contributed by atoms with Gasteiger partial charge >= 0.3 is 0 Å². The van der Waals surface area contributed by atoms with Crippen molar-refractivity contribution in [3.05, 3.63) is 266 Å². The predicted molar refractivity (Wildman–Crippen MR) is 316 cm³/mol. The second-order valence-corrected chi connectivity index (χ2v) is 19.3. The first-order valence-corrected chi connectivity index (χ1v) is 26.2. The minimum absolute atomic E-state index is 0.722. The van der Waals surface area contributed by atoms with E-state index < -0.39 is 0 Å². The highest BCUT2D eigenvalue weighted by Crippen LogP contribution is 2.47. The Morgan fingerprint density at radius 1 is 0.360 bits per heavy atom. The molecule has 4 heteroatoms. The van der Waals surface area contributed by atoms with Crippen LogP contribution in [0.1, 0.15) is 50.7 Å². The monoisotopic (exact) mass is 968 g/mol. The van der Waals surface area contributed by atoms with Gasteiger partial charge in [0.25, 0.3) is 0 Å². The summed E-state index contributed by atoms with van der Waals surface area (Å²) < 4.78 is 14.2.